The summed E-state index contributed by atoms with van der Waals surface area (Å²) in [6, 6.07) is 11.2. The van der Waals surface area contributed by atoms with Crippen LogP contribution < -0.4 is 5.32 Å². The molecule has 198 valence electrons. The SMILES string of the molecule is CC(=O)O[C@H]1C[C@H](n2ccc3c(N[C@H]4CCc5ccccc54)ncnc32)C[C@H]1CO[Si](C)(C)C(C)(C)C. The van der Waals surface area contributed by atoms with Crippen LogP contribution in [0.3, 0.4) is 0 Å². The van der Waals surface area contributed by atoms with Crippen LogP contribution in [-0.4, -0.2) is 41.5 Å². The predicted molar refractivity (Wildman–Crippen MR) is 149 cm³/mol. The normalized spacial score (nSPS) is 23.8. The van der Waals surface area contributed by atoms with Crippen molar-refractivity contribution in [2.24, 2.45) is 5.92 Å². The lowest BCUT2D eigenvalue weighted by molar-refractivity contribution is -0.148. The summed E-state index contributed by atoms with van der Waals surface area (Å²) in [5, 5.41) is 4.85. The highest BCUT2D eigenvalue weighted by molar-refractivity contribution is 6.74. The number of aryl methyl sites for hydroxylation is 1. The van der Waals surface area contributed by atoms with Crippen molar-refractivity contribution in [2.75, 3.05) is 11.9 Å². The summed E-state index contributed by atoms with van der Waals surface area (Å²) in [6.07, 6.45) is 7.41. The average Bonchev–Trinajstić information content (AvgIpc) is 3.54. The number of carbonyl (C=O) groups excluding carboxylic acids is 1. The number of anilines is 1. The zero-order valence-electron chi connectivity index (χ0n) is 23.0. The van der Waals surface area contributed by atoms with Gasteiger partial charge in [-0.25, -0.2) is 9.97 Å². The Kier molecular flexibility index (Phi) is 6.91. The third-order valence-corrected chi connectivity index (χ3v) is 13.2. The number of hydrogen-bond donors (Lipinski definition) is 1. The molecule has 0 radical (unpaired) electrons. The molecule has 7 nitrogen and oxygen atoms in total. The second kappa shape index (κ2) is 9.87. The fourth-order valence-electron chi connectivity index (χ4n) is 5.60. The van der Waals surface area contributed by atoms with Gasteiger partial charge in [-0.15, -0.1) is 0 Å². The van der Waals surface area contributed by atoms with E-state index in [0.717, 1.165) is 42.5 Å². The molecule has 2 aliphatic rings. The molecule has 0 aliphatic heterocycles. The highest BCUT2D eigenvalue weighted by Gasteiger charge is 2.42. The fraction of sp³-hybridized carbons (Fsp3) is 0.552. The van der Waals surface area contributed by atoms with Crippen LogP contribution in [0.25, 0.3) is 11.0 Å². The van der Waals surface area contributed by atoms with Gasteiger partial charge in [-0.2, -0.15) is 0 Å². The van der Waals surface area contributed by atoms with Crippen molar-refractivity contribution in [3.8, 4) is 0 Å². The van der Waals surface area contributed by atoms with Crippen molar-refractivity contribution >= 4 is 31.1 Å². The van der Waals surface area contributed by atoms with Gasteiger partial charge in [-0.05, 0) is 54.6 Å². The van der Waals surface area contributed by atoms with E-state index >= 15 is 0 Å². The van der Waals surface area contributed by atoms with Crippen LogP contribution in [0.4, 0.5) is 5.82 Å². The van der Waals surface area contributed by atoms with Gasteiger partial charge in [0.2, 0.25) is 0 Å². The zero-order chi connectivity index (χ0) is 26.4. The molecule has 2 aromatic heterocycles. The maximum absolute atomic E-state index is 11.9. The average molecular weight is 521 g/mol. The number of aromatic nitrogens is 3. The van der Waals surface area contributed by atoms with E-state index in [0.29, 0.717) is 6.61 Å². The van der Waals surface area contributed by atoms with E-state index in [2.05, 4.69) is 90.2 Å². The van der Waals surface area contributed by atoms with Gasteiger partial charge < -0.3 is 19.0 Å². The Bertz CT molecular complexity index is 1280. The molecule has 0 spiro atoms. The quantitative estimate of drug-likeness (QED) is 0.285. The third kappa shape index (κ3) is 5.18. The standard InChI is InChI=1S/C29H40N4O3Si/c1-19(34)36-26-16-22(15-21(26)17-35-37(5,6)29(2,3)4)33-14-13-24-27(30-18-31-28(24)33)32-25-12-11-20-9-7-8-10-23(20)25/h7-10,13-14,18,21-22,25-26H,11-12,15-17H2,1-6H3,(H,30,31,32)/t21-,22+,25-,26-/m0/s1. The monoisotopic (exact) mass is 520 g/mol. The molecule has 1 saturated carbocycles. The molecule has 0 amide bonds. The predicted octanol–water partition coefficient (Wildman–Crippen LogP) is 6.44. The lowest BCUT2D eigenvalue weighted by Gasteiger charge is -2.37. The first kappa shape index (κ1) is 25.9. The molecule has 2 heterocycles. The first-order valence-corrected chi connectivity index (χ1v) is 16.4. The minimum atomic E-state index is -1.90. The summed E-state index contributed by atoms with van der Waals surface area (Å²) in [7, 11) is -1.90. The molecular weight excluding hydrogens is 480 g/mol. The molecular formula is C29H40N4O3Si. The van der Waals surface area contributed by atoms with Crippen LogP contribution in [0.2, 0.25) is 18.1 Å². The number of fused-ring (bicyclic) bond motifs is 2. The maximum Gasteiger partial charge on any atom is 0.302 e. The van der Waals surface area contributed by atoms with Crippen molar-refractivity contribution in [1.29, 1.82) is 0 Å². The molecule has 1 aromatic carbocycles. The number of nitrogens with one attached hydrogen (secondary N) is 1. The molecule has 1 N–H and O–H groups in total. The minimum Gasteiger partial charge on any atom is -0.462 e. The fourth-order valence-corrected chi connectivity index (χ4v) is 6.67. The molecule has 2 aliphatic carbocycles. The lowest BCUT2D eigenvalue weighted by Crippen LogP contribution is -2.42. The molecule has 1 fully saturated rings. The van der Waals surface area contributed by atoms with E-state index in [9.17, 15) is 4.79 Å². The van der Waals surface area contributed by atoms with Crippen LogP contribution in [0.15, 0.2) is 42.9 Å². The van der Waals surface area contributed by atoms with Gasteiger partial charge in [0, 0.05) is 38.1 Å². The van der Waals surface area contributed by atoms with Gasteiger partial charge in [0.15, 0.2) is 8.32 Å². The Morgan fingerprint density at radius 3 is 2.70 bits per heavy atom. The van der Waals surface area contributed by atoms with E-state index in [1.807, 2.05) is 0 Å². The van der Waals surface area contributed by atoms with Gasteiger partial charge in [0.25, 0.3) is 0 Å². The Labute approximate surface area is 221 Å². The van der Waals surface area contributed by atoms with Crippen LogP contribution in [0.5, 0.6) is 0 Å². The van der Waals surface area contributed by atoms with E-state index < -0.39 is 8.32 Å². The van der Waals surface area contributed by atoms with E-state index in [1.165, 1.54) is 18.1 Å². The van der Waals surface area contributed by atoms with Gasteiger partial charge in [0.1, 0.15) is 23.9 Å². The summed E-state index contributed by atoms with van der Waals surface area (Å²) in [6.45, 7) is 13.4. The second-order valence-corrected chi connectivity index (χ2v) is 17.0. The first-order chi connectivity index (χ1) is 17.5. The molecule has 0 unspecified atom stereocenters. The molecule has 0 bridgehead atoms. The van der Waals surface area contributed by atoms with E-state index in [4.69, 9.17) is 9.16 Å². The molecule has 5 rings (SSSR count). The van der Waals surface area contributed by atoms with Gasteiger partial charge in [-0.1, -0.05) is 45.0 Å². The van der Waals surface area contributed by atoms with E-state index in [-0.39, 0.29) is 35.1 Å². The van der Waals surface area contributed by atoms with Crippen LogP contribution in [0.1, 0.15) is 70.2 Å². The number of hydrogen-bond acceptors (Lipinski definition) is 6. The number of ether oxygens (including phenoxy) is 1. The Balaban J connectivity index is 1.36. The van der Waals surface area contributed by atoms with Crippen molar-refractivity contribution in [3.05, 3.63) is 54.0 Å². The highest BCUT2D eigenvalue weighted by atomic mass is 28.4. The second-order valence-electron chi connectivity index (χ2n) is 12.2. The number of nitrogens with zero attached hydrogens (tertiary/aromatic N) is 3. The molecule has 3 aromatic rings. The van der Waals surface area contributed by atoms with Crippen molar-refractivity contribution < 1.29 is 14.0 Å². The highest BCUT2D eigenvalue weighted by Crippen LogP contribution is 2.42. The molecule has 0 saturated heterocycles. The summed E-state index contributed by atoms with van der Waals surface area (Å²) in [5.41, 5.74) is 3.69. The van der Waals surface area contributed by atoms with Crippen molar-refractivity contribution in [1.82, 2.24) is 14.5 Å². The smallest absolute Gasteiger partial charge is 0.302 e. The lowest BCUT2D eigenvalue weighted by atomic mass is 10.1. The topological polar surface area (TPSA) is 78.3 Å². The number of esters is 1. The first-order valence-electron chi connectivity index (χ1n) is 13.5. The Morgan fingerprint density at radius 1 is 1.16 bits per heavy atom. The van der Waals surface area contributed by atoms with Crippen LogP contribution in [-0.2, 0) is 20.4 Å². The number of benzene rings is 1. The zero-order valence-corrected chi connectivity index (χ0v) is 24.0. The van der Waals surface area contributed by atoms with Crippen molar-refractivity contribution in [2.45, 2.75) is 89.7 Å². The molecule has 4 atom stereocenters. The third-order valence-electron chi connectivity index (χ3n) is 8.73. The Hall–Kier alpha value is -2.71. The maximum atomic E-state index is 11.9. The summed E-state index contributed by atoms with van der Waals surface area (Å²) in [5.74, 6) is 0.804. The van der Waals surface area contributed by atoms with Gasteiger partial charge >= 0.3 is 5.97 Å². The minimum absolute atomic E-state index is 0.138. The van der Waals surface area contributed by atoms with Gasteiger partial charge in [0.05, 0.1) is 11.4 Å². The van der Waals surface area contributed by atoms with E-state index in [1.54, 1.807) is 6.33 Å². The largest absolute Gasteiger partial charge is 0.462 e. The summed E-state index contributed by atoms with van der Waals surface area (Å²) in [4.78, 5) is 21.2. The number of carbonyl (C=O) groups is 1. The van der Waals surface area contributed by atoms with Gasteiger partial charge in [-0.3, -0.25) is 4.79 Å². The Morgan fingerprint density at radius 2 is 1.95 bits per heavy atom. The summed E-state index contributed by atoms with van der Waals surface area (Å²) < 4.78 is 14.6. The molecule has 37 heavy (non-hydrogen) atoms. The van der Waals surface area contributed by atoms with Crippen LogP contribution in [0, 0.1) is 5.92 Å². The number of rotatable bonds is 7. The van der Waals surface area contributed by atoms with Crippen molar-refractivity contribution in [3.63, 3.8) is 0 Å². The van der Waals surface area contributed by atoms with Crippen LogP contribution >= 0.6 is 0 Å². The summed E-state index contributed by atoms with van der Waals surface area (Å²) >= 11 is 0. The molecule has 8 heteroatoms.